The Hall–Kier alpha value is -1.01. The predicted octanol–water partition coefficient (Wildman–Crippen LogP) is 7.00. The maximum Gasteiger partial charge on any atom is 0.220 e. The Morgan fingerprint density at radius 2 is 0.891 bits per heavy atom. The fraction of sp³-hybridized carbons (Fsp3) is 0.980. The van der Waals surface area contributed by atoms with E-state index in [0.29, 0.717) is 12.8 Å². The van der Waals surface area contributed by atoms with Gasteiger partial charge in [-0.3, -0.25) is 4.79 Å². The van der Waals surface area contributed by atoms with Crippen molar-refractivity contribution in [2.75, 3.05) is 19.8 Å². The van der Waals surface area contributed by atoms with E-state index in [-0.39, 0.29) is 12.5 Å². The molecule has 2 heterocycles. The number of aliphatic hydroxyl groups excluding tert-OH is 8. The average Bonchev–Trinajstić information content (AvgIpc) is 3.29. The number of ether oxygens (including phenoxy) is 4. The summed E-state index contributed by atoms with van der Waals surface area (Å²) in [5.41, 5.74) is 0. The quantitative estimate of drug-likeness (QED) is 0.0282. The Kier molecular flexibility index (Phi) is 35.0. The molecule has 0 aromatic heterocycles. The highest BCUT2D eigenvalue weighted by atomic mass is 16.7. The number of hydrogen-bond acceptors (Lipinski definition) is 13. The molecule has 0 aromatic rings. The van der Waals surface area contributed by atoms with Crippen LogP contribution in [0.25, 0.3) is 0 Å². The molecule has 14 heteroatoms. The lowest BCUT2D eigenvalue weighted by molar-refractivity contribution is -0.359. The molecule has 2 aliphatic heterocycles. The third kappa shape index (κ3) is 24.8. The molecule has 0 radical (unpaired) electrons. The van der Waals surface area contributed by atoms with E-state index in [0.717, 1.165) is 57.8 Å². The van der Waals surface area contributed by atoms with Crippen LogP contribution in [0.5, 0.6) is 0 Å². The first-order valence-corrected chi connectivity index (χ1v) is 26.3. The first kappa shape index (κ1) is 59.1. The molecule has 0 bridgehead atoms. The maximum atomic E-state index is 13.0. The molecule has 1 amide bonds. The van der Waals surface area contributed by atoms with Gasteiger partial charge in [-0.25, -0.2) is 0 Å². The van der Waals surface area contributed by atoms with Crippen LogP contribution in [0.1, 0.15) is 219 Å². The Morgan fingerprint density at radius 1 is 0.500 bits per heavy atom. The Balaban J connectivity index is 1.65. The molecule has 2 saturated heterocycles. The zero-order chi connectivity index (χ0) is 46.8. The van der Waals surface area contributed by atoms with E-state index in [1.54, 1.807) is 0 Å². The van der Waals surface area contributed by atoms with Gasteiger partial charge in [-0.05, 0) is 12.8 Å². The van der Waals surface area contributed by atoms with Crippen LogP contribution in [0.4, 0.5) is 0 Å². The highest BCUT2D eigenvalue weighted by Crippen LogP contribution is 2.30. The van der Waals surface area contributed by atoms with Gasteiger partial charge in [0.1, 0.15) is 48.8 Å². The van der Waals surface area contributed by atoms with E-state index >= 15 is 0 Å². The topological polar surface area (TPSA) is 228 Å². The van der Waals surface area contributed by atoms with Gasteiger partial charge in [0.05, 0.1) is 32.0 Å². The fourth-order valence-electron chi connectivity index (χ4n) is 9.00. The fourth-order valence-corrected chi connectivity index (χ4v) is 9.00. The highest BCUT2D eigenvalue weighted by Gasteiger charge is 2.51. The van der Waals surface area contributed by atoms with Crippen LogP contribution in [-0.4, -0.2) is 140 Å². The van der Waals surface area contributed by atoms with Crippen molar-refractivity contribution >= 4 is 5.91 Å². The van der Waals surface area contributed by atoms with Gasteiger partial charge in [0.15, 0.2) is 12.6 Å². The molecule has 64 heavy (non-hydrogen) atoms. The Morgan fingerprint density at radius 3 is 1.33 bits per heavy atom. The van der Waals surface area contributed by atoms with Crippen molar-refractivity contribution in [2.45, 2.75) is 293 Å². The van der Waals surface area contributed by atoms with Crippen LogP contribution in [0.2, 0.25) is 0 Å². The minimum Gasteiger partial charge on any atom is -0.394 e. The second-order valence-electron chi connectivity index (χ2n) is 19.0. The highest BCUT2D eigenvalue weighted by molar-refractivity contribution is 5.76. The summed E-state index contributed by atoms with van der Waals surface area (Å²) in [5, 5.41) is 86.5. The van der Waals surface area contributed by atoms with E-state index in [1.165, 1.54) is 135 Å². The van der Waals surface area contributed by atoms with Crippen LogP contribution in [0.15, 0.2) is 0 Å². The van der Waals surface area contributed by atoms with Gasteiger partial charge in [-0.15, -0.1) is 0 Å². The van der Waals surface area contributed by atoms with Gasteiger partial charge in [0, 0.05) is 6.42 Å². The lowest BCUT2D eigenvalue weighted by Crippen LogP contribution is -2.65. The summed E-state index contributed by atoms with van der Waals surface area (Å²) in [6, 6.07) is -0.818. The number of hydrogen-bond donors (Lipinski definition) is 9. The molecule has 0 aromatic carbocycles. The monoisotopic (exact) mass is 920 g/mol. The molecular formula is C50H97NO13. The number of unbranched alkanes of at least 4 members (excludes halogenated alkanes) is 28. The average molecular weight is 920 g/mol. The largest absolute Gasteiger partial charge is 0.394 e. The summed E-state index contributed by atoms with van der Waals surface area (Å²) in [4.78, 5) is 13.0. The zero-order valence-electron chi connectivity index (χ0n) is 40.3. The summed E-state index contributed by atoms with van der Waals surface area (Å²) < 4.78 is 22.6. The minimum absolute atomic E-state index is 0.217. The number of rotatable bonds is 41. The van der Waals surface area contributed by atoms with E-state index in [1.807, 2.05) is 0 Å². The molecule has 0 saturated carbocycles. The lowest BCUT2D eigenvalue weighted by atomic mass is 9.97. The van der Waals surface area contributed by atoms with Crippen molar-refractivity contribution in [1.82, 2.24) is 5.32 Å². The standard InChI is InChI=1S/C50H97NO13/c1-3-5-7-9-10-11-12-13-14-15-16-17-18-19-20-21-22-23-24-25-26-27-28-30-31-33-39(54)38(51-42(55)34-32-29-8-6-4-2)37-61-49-47(60)45(58)48(41(36-53)63-49)64-50-46(59)44(57)43(56)40(35-52)62-50/h38-41,43-50,52-54,56-60H,3-37H2,1-2H3,(H,51,55). The SMILES string of the molecule is CCCCCCCCCCCCCCCCCCCCCCCCCCCC(O)C(COC1OC(CO)C(OC2OC(CO)C(O)C(O)C2O)C(O)C1O)NC(=O)CCCCCCC. The van der Waals surface area contributed by atoms with Crippen LogP contribution in [-0.2, 0) is 23.7 Å². The van der Waals surface area contributed by atoms with Crippen molar-refractivity contribution in [3.05, 3.63) is 0 Å². The smallest absolute Gasteiger partial charge is 0.220 e. The Bertz CT molecular complexity index is 1090. The summed E-state index contributed by atoms with van der Waals surface area (Å²) in [6.07, 6.45) is 21.8. The van der Waals surface area contributed by atoms with E-state index in [2.05, 4.69) is 19.2 Å². The molecule has 2 fully saturated rings. The van der Waals surface area contributed by atoms with Crippen molar-refractivity contribution in [2.24, 2.45) is 0 Å². The van der Waals surface area contributed by atoms with Crippen molar-refractivity contribution in [1.29, 1.82) is 0 Å². The van der Waals surface area contributed by atoms with Gasteiger partial charge < -0.3 is 65.1 Å². The second kappa shape index (κ2) is 37.9. The van der Waals surface area contributed by atoms with E-state index < -0.39 is 86.8 Å². The van der Waals surface area contributed by atoms with Crippen LogP contribution < -0.4 is 5.32 Å². The normalized spacial score (nSPS) is 27.2. The van der Waals surface area contributed by atoms with Gasteiger partial charge in [-0.1, -0.05) is 200 Å². The van der Waals surface area contributed by atoms with Gasteiger partial charge >= 0.3 is 0 Å². The molecule has 0 spiro atoms. The first-order valence-electron chi connectivity index (χ1n) is 26.3. The zero-order valence-corrected chi connectivity index (χ0v) is 40.3. The minimum atomic E-state index is -1.78. The molecule has 9 N–H and O–H groups in total. The number of carbonyl (C=O) groups is 1. The van der Waals surface area contributed by atoms with E-state index in [9.17, 15) is 45.6 Å². The summed E-state index contributed by atoms with van der Waals surface area (Å²) in [5.74, 6) is -0.217. The number of amides is 1. The number of aliphatic hydroxyl groups is 8. The first-order chi connectivity index (χ1) is 31.1. The number of carbonyl (C=O) groups excluding carboxylic acids is 1. The molecule has 2 aliphatic rings. The predicted molar refractivity (Wildman–Crippen MR) is 249 cm³/mol. The maximum absolute atomic E-state index is 13.0. The second-order valence-corrected chi connectivity index (χ2v) is 19.0. The molecule has 2 rings (SSSR count). The summed E-state index contributed by atoms with van der Waals surface area (Å²) in [6.45, 7) is 2.77. The molecular weight excluding hydrogens is 823 g/mol. The summed E-state index contributed by atoms with van der Waals surface area (Å²) in [7, 11) is 0. The van der Waals surface area contributed by atoms with Crippen LogP contribution >= 0.6 is 0 Å². The molecule has 0 aliphatic carbocycles. The summed E-state index contributed by atoms with van der Waals surface area (Å²) >= 11 is 0. The molecule has 12 atom stereocenters. The van der Waals surface area contributed by atoms with E-state index in [4.69, 9.17) is 18.9 Å². The van der Waals surface area contributed by atoms with Gasteiger partial charge in [0.2, 0.25) is 5.91 Å². The third-order valence-electron chi connectivity index (χ3n) is 13.3. The van der Waals surface area contributed by atoms with Gasteiger partial charge in [0.25, 0.3) is 0 Å². The molecule has 380 valence electrons. The van der Waals surface area contributed by atoms with Crippen molar-refractivity contribution in [3.63, 3.8) is 0 Å². The van der Waals surface area contributed by atoms with Crippen molar-refractivity contribution in [3.8, 4) is 0 Å². The van der Waals surface area contributed by atoms with Crippen molar-refractivity contribution < 1.29 is 64.6 Å². The lowest BCUT2D eigenvalue weighted by Gasteiger charge is -2.46. The number of nitrogens with one attached hydrogen (secondary N) is 1. The van der Waals surface area contributed by atoms with Crippen LogP contribution in [0.3, 0.4) is 0 Å². The molecule has 12 unspecified atom stereocenters. The van der Waals surface area contributed by atoms with Gasteiger partial charge in [-0.2, -0.15) is 0 Å². The van der Waals surface area contributed by atoms with Crippen LogP contribution in [0, 0.1) is 0 Å². The molecule has 14 nitrogen and oxygen atoms in total. The third-order valence-corrected chi connectivity index (χ3v) is 13.3. The Labute approximate surface area is 387 Å².